The molecule has 132 valence electrons. The second-order valence-corrected chi connectivity index (χ2v) is 7.41. The minimum Gasteiger partial charge on any atom is -0.454 e. The van der Waals surface area contributed by atoms with Crippen LogP contribution in [0.3, 0.4) is 0 Å². The zero-order valence-corrected chi connectivity index (χ0v) is 14.8. The van der Waals surface area contributed by atoms with Crippen LogP contribution in [-0.2, 0) is 13.0 Å². The second kappa shape index (κ2) is 7.41. The number of nitrogens with one attached hydrogen (secondary N) is 1. The van der Waals surface area contributed by atoms with E-state index in [4.69, 9.17) is 9.47 Å². The van der Waals surface area contributed by atoms with Crippen molar-refractivity contribution in [1.29, 1.82) is 0 Å². The molecule has 4 rings (SSSR count). The van der Waals surface area contributed by atoms with Gasteiger partial charge in [0.1, 0.15) is 9.88 Å². The van der Waals surface area contributed by atoms with Crippen LogP contribution in [0.2, 0.25) is 0 Å². The lowest BCUT2D eigenvalue weighted by molar-refractivity contribution is 0.0958. The van der Waals surface area contributed by atoms with Gasteiger partial charge in [-0.05, 0) is 50.0 Å². The van der Waals surface area contributed by atoms with Crippen molar-refractivity contribution in [3.05, 3.63) is 39.8 Å². The number of fused-ring (bicyclic) bond motifs is 1. The van der Waals surface area contributed by atoms with E-state index in [2.05, 4.69) is 15.2 Å². The Balaban J connectivity index is 1.26. The van der Waals surface area contributed by atoms with Crippen LogP contribution in [0.15, 0.2) is 24.4 Å². The van der Waals surface area contributed by atoms with Gasteiger partial charge in [-0.3, -0.25) is 9.69 Å². The van der Waals surface area contributed by atoms with Crippen LogP contribution in [0, 0.1) is 0 Å². The van der Waals surface area contributed by atoms with Gasteiger partial charge in [-0.1, -0.05) is 6.07 Å². The summed E-state index contributed by atoms with van der Waals surface area (Å²) in [5.74, 6) is 1.51. The fourth-order valence-corrected chi connectivity index (χ4v) is 4.00. The first-order valence-electron chi connectivity index (χ1n) is 8.62. The third-order valence-corrected chi connectivity index (χ3v) is 5.45. The number of ether oxygens (including phenoxy) is 2. The maximum absolute atomic E-state index is 12.3. The van der Waals surface area contributed by atoms with Crippen molar-refractivity contribution < 1.29 is 14.3 Å². The predicted octanol–water partition coefficient (Wildman–Crippen LogP) is 2.44. The van der Waals surface area contributed by atoms with E-state index in [1.807, 2.05) is 18.2 Å². The molecule has 1 saturated heterocycles. The van der Waals surface area contributed by atoms with Crippen LogP contribution in [0.1, 0.15) is 33.1 Å². The van der Waals surface area contributed by atoms with Gasteiger partial charge in [0.25, 0.3) is 5.91 Å². The molecule has 1 amide bonds. The maximum Gasteiger partial charge on any atom is 0.263 e. The Hall–Kier alpha value is -2.12. The van der Waals surface area contributed by atoms with Crippen LogP contribution >= 0.6 is 11.3 Å². The highest BCUT2D eigenvalue weighted by Gasteiger charge is 2.16. The second-order valence-electron chi connectivity index (χ2n) is 6.30. The third-order valence-electron chi connectivity index (χ3n) is 4.47. The van der Waals surface area contributed by atoms with Gasteiger partial charge in [-0.2, -0.15) is 0 Å². The Labute approximate surface area is 150 Å². The molecule has 2 aliphatic heterocycles. The first-order chi connectivity index (χ1) is 12.3. The van der Waals surface area contributed by atoms with E-state index in [9.17, 15) is 4.79 Å². The van der Waals surface area contributed by atoms with Crippen LogP contribution in [0.4, 0.5) is 0 Å². The van der Waals surface area contributed by atoms with Gasteiger partial charge in [-0.15, -0.1) is 11.3 Å². The van der Waals surface area contributed by atoms with Gasteiger partial charge in [0.15, 0.2) is 11.5 Å². The van der Waals surface area contributed by atoms with Gasteiger partial charge >= 0.3 is 0 Å². The van der Waals surface area contributed by atoms with Crippen molar-refractivity contribution in [3.8, 4) is 11.5 Å². The first-order valence-corrected chi connectivity index (χ1v) is 9.43. The molecular formula is C18H21N3O3S. The Kier molecular flexibility index (Phi) is 4.85. The zero-order valence-electron chi connectivity index (χ0n) is 14.0. The van der Waals surface area contributed by atoms with Crippen LogP contribution < -0.4 is 14.8 Å². The number of rotatable bonds is 6. The standard InChI is InChI=1S/C18H21N3O3S/c22-18(16-10-20-17(25-16)11-21-7-1-2-8-21)19-6-5-13-3-4-14-15(9-13)24-12-23-14/h3-4,9-10H,1-2,5-8,11-12H2,(H,19,22). The summed E-state index contributed by atoms with van der Waals surface area (Å²) in [6, 6.07) is 5.88. The van der Waals surface area contributed by atoms with Gasteiger partial charge in [-0.25, -0.2) is 4.98 Å². The van der Waals surface area contributed by atoms with E-state index in [1.54, 1.807) is 6.20 Å². The number of thiazole rings is 1. The average Bonchev–Trinajstić information content (AvgIpc) is 3.36. The normalized spacial score (nSPS) is 16.3. The van der Waals surface area contributed by atoms with Gasteiger partial charge < -0.3 is 14.8 Å². The smallest absolute Gasteiger partial charge is 0.263 e. The van der Waals surface area contributed by atoms with Crippen molar-refractivity contribution in [1.82, 2.24) is 15.2 Å². The third kappa shape index (κ3) is 3.93. The molecule has 7 heteroatoms. The van der Waals surface area contributed by atoms with Crippen molar-refractivity contribution >= 4 is 17.2 Å². The summed E-state index contributed by atoms with van der Waals surface area (Å²) < 4.78 is 10.7. The molecule has 0 radical (unpaired) electrons. The Bertz CT molecular complexity index is 756. The Morgan fingerprint density at radius 1 is 1.24 bits per heavy atom. The molecule has 0 atom stereocenters. The predicted molar refractivity (Wildman–Crippen MR) is 95.2 cm³/mol. The largest absolute Gasteiger partial charge is 0.454 e. The quantitative estimate of drug-likeness (QED) is 0.858. The van der Waals surface area contributed by atoms with Gasteiger partial charge in [0, 0.05) is 6.54 Å². The summed E-state index contributed by atoms with van der Waals surface area (Å²) in [5, 5.41) is 3.98. The van der Waals surface area contributed by atoms with Crippen molar-refractivity contribution in [2.24, 2.45) is 0 Å². The molecule has 1 fully saturated rings. The van der Waals surface area contributed by atoms with Crippen LogP contribution in [0.25, 0.3) is 0 Å². The molecule has 0 aliphatic carbocycles. The van der Waals surface area contributed by atoms with E-state index in [-0.39, 0.29) is 12.7 Å². The minimum atomic E-state index is -0.0501. The molecule has 0 bridgehead atoms. The van der Waals surface area contributed by atoms with Crippen LogP contribution in [0.5, 0.6) is 11.5 Å². The molecule has 0 spiro atoms. The van der Waals surface area contributed by atoms with E-state index in [1.165, 1.54) is 24.2 Å². The number of hydrogen-bond acceptors (Lipinski definition) is 6. The molecule has 0 unspecified atom stereocenters. The molecule has 0 saturated carbocycles. The van der Waals surface area contributed by atoms with Crippen molar-refractivity contribution in [2.75, 3.05) is 26.4 Å². The zero-order chi connectivity index (χ0) is 17.1. The molecule has 1 aromatic heterocycles. The number of carbonyl (C=O) groups is 1. The molecular weight excluding hydrogens is 338 g/mol. The average molecular weight is 359 g/mol. The number of carbonyl (C=O) groups excluding carboxylic acids is 1. The highest BCUT2D eigenvalue weighted by atomic mass is 32.1. The summed E-state index contributed by atoms with van der Waals surface area (Å²) in [5.41, 5.74) is 1.11. The Morgan fingerprint density at radius 2 is 2.08 bits per heavy atom. The lowest BCUT2D eigenvalue weighted by Crippen LogP contribution is -2.24. The summed E-state index contributed by atoms with van der Waals surface area (Å²) in [4.78, 5) is 19.7. The summed E-state index contributed by atoms with van der Waals surface area (Å²) in [6.07, 6.45) is 4.96. The summed E-state index contributed by atoms with van der Waals surface area (Å²) in [6.45, 7) is 3.99. The number of benzene rings is 1. The molecule has 25 heavy (non-hydrogen) atoms. The molecule has 2 aromatic rings. The van der Waals surface area contributed by atoms with E-state index in [0.29, 0.717) is 11.4 Å². The summed E-state index contributed by atoms with van der Waals surface area (Å²) >= 11 is 1.49. The maximum atomic E-state index is 12.3. The lowest BCUT2D eigenvalue weighted by Gasteiger charge is -2.11. The van der Waals surface area contributed by atoms with Gasteiger partial charge in [0.2, 0.25) is 6.79 Å². The monoisotopic (exact) mass is 359 g/mol. The fourth-order valence-electron chi connectivity index (χ4n) is 3.12. The molecule has 1 aromatic carbocycles. The topological polar surface area (TPSA) is 63.7 Å². The summed E-state index contributed by atoms with van der Waals surface area (Å²) in [7, 11) is 0. The minimum absolute atomic E-state index is 0.0501. The Morgan fingerprint density at radius 3 is 2.96 bits per heavy atom. The fraction of sp³-hybridized carbons (Fsp3) is 0.444. The molecule has 2 aliphatic rings. The van der Waals surface area contributed by atoms with Gasteiger partial charge in [0.05, 0.1) is 12.7 Å². The number of hydrogen-bond donors (Lipinski definition) is 1. The number of aromatic nitrogens is 1. The highest BCUT2D eigenvalue weighted by molar-refractivity contribution is 7.13. The molecule has 1 N–H and O–H groups in total. The first kappa shape index (κ1) is 16.4. The molecule has 6 nitrogen and oxygen atoms in total. The van der Waals surface area contributed by atoms with E-state index >= 15 is 0 Å². The lowest BCUT2D eigenvalue weighted by atomic mass is 10.1. The van der Waals surface area contributed by atoms with E-state index < -0.39 is 0 Å². The van der Waals surface area contributed by atoms with Crippen molar-refractivity contribution in [2.45, 2.75) is 25.8 Å². The highest BCUT2D eigenvalue weighted by Crippen LogP contribution is 2.32. The van der Waals surface area contributed by atoms with Crippen molar-refractivity contribution in [3.63, 3.8) is 0 Å². The SMILES string of the molecule is O=C(NCCc1ccc2c(c1)OCO2)c1cnc(CN2CCCC2)s1. The number of nitrogens with zero attached hydrogens (tertiary/aromatic N) is 2. The number of amides is 1. The van der Waals surface area contributed by atoms with Crippen LogP contribution in [-0.4, -0.2) is 42.2 Å². The molecule has 3 heterocycles. The number of likely N-dealkylation sites (tertiary alicyclic amines) is 1. The van der Waals surface area contributed by atoms with E-state index in [0.717, 1.165) is 48.1 Å².